The maximum Gasteiger partial charge on any atom is 0.242 e. The first-order valence-corrected chi connectivity index (χ1v) is 7.53. The molecule has 0 aliphatic carbocycles. The van der Waals surface area contributed by atoms with Gasteiger partial charge in [0.15, 0.2) is 0 Å². The summed E-state index contributed by atoms with van der Waals surface area (Å²) in [5.41, 5.74) is 2.13. The SMILES string of the molecule is CC(C)[C@H](NO)C(=O)N1CCC[C@H]1c1ncc(I)[nH]1. The first kappa shape index (κ1) is 14.7. The van der Waals surface area contributed by atoms with Gasteiger partial charge in [-0.2, -0.15) is 5.48 Å². The molecule has 1 fully saturated rings. The van der Waals surface area contributed by atoms with Gasteiger partial charge in [0.1, 0.15) is 11.9 Å². The van der Waals surface area contributed by atoms with Crippen molar-refractivity contribution in [3.05, 3.63) is 15.7 Å². The number of H-pyrrole nitrogens is 1. The molecule has 2 heterocycles. The smallest absolute Gasteiger partial charge is 0.242 e. The average Bonchev–Trinajstić information content (AvgIpc) is 2.96. The lowest BCUT2D eigenvalue weighted by Gasteiger charge is -2.28. The summed E-state index contributed by atoms with van der Waals surface area (Å²) in [7, 11) is 0. The van der Waals surface area contributed by atoms with Crippen molar-refractivity contribution in [2.24, 2.45) is 5.92 Å². The number of nitrogens with one attached hydrogen (secondary N) is 2. The highest BCUT2D eigenvalue weighted by atomic mass is 127. The third kappa shape index (κ3) is 3.09. The van der Waals surface area contributed by atoms with Crippen LogP contribution in [-0.4, -0.2) is 38.6 Å². The highest BCUT2D eigenvalue weighted by molar-refractivity contribution is 14.1. The number of rotatable bonds is 4. The molecule has 6 nitrogen and oxygen atoms in total. The van der Waals surface area contributed by atoms with E-state index in [1.807, 2.05) is 18.7 Å². The fourth-order valence-electron chi connectivity index (χ4n) is 2.47. The Morgan fingerprint density at radius 1 is 1.68 bits per heavy atom. The lowest BCUT2D eigenvalue weighted by Crippen LogP contribution is -2.48. The first-order chi connectivity index (χ1) is 9.04. The Bertz CT molecular complexity index is 449. The number of aromatic nitrogens is 2. The predicted octanol–water partition coefficient (Wildman–Crippen LogP) is 1.68. The number of imidazole rings is 1. The number of nitrogens with zero attached hydrogens (tertiary/aromatic N) is 2. The van der Waals surface area contributed by atoms with Crippen LogP contribution >= 0.6 is 22.6 Å². The van der Waals surface area contributed by atoms with Crippen LogP contribution in [-0.2, 0) is 4.79 Å². The molecule has 0 radical (unpaired) electrons. The van der Waals surface area contributed by atoms with Crippen LogP contribution in [0.2, 0.25) is 0 Å². The highest BCUT2D eigenvalue weighted by Gasteiger charge is 2.36. The Morgan fingerprint density at radius 3 is 2.95 bits per heavy atom. The van der Waals surface area contributed by atoms with Crippen molar-refractivity contribution in [2.45, 2.75) is 38.8 Å². The van der Waals surface area contributed by atoms with Gasteiger partial charge < -0.3 is 15.1 Å². The summed E-state index contributed by atoms with van der Waals surface area (Å²) >= 11 is 2.17. The van der Waals surface area contributed by atoms with E-state index in [0.29, 0.717) is 6.54 Å². The van der Waals surface area contributed by atoms with Crippen LogP contribution in [0.4, 0.5) is 0 Å². The lowest BCUT2D eigenvalue weighted by molar-refractivity contribution is -0.138. The van der Waals surface area contributed by atoms with Gasteiger partial charge >= 0.3 is 0 Å². The molecular weight excluding hydrogens is 359 g/mol. The minimum Gasteiger partial charge on any atom is -0.336 e. The van der Waals surface area contributed by atoms with Gasteiger partial charge in [-0.3, -0.25) is 4.79 Å². The minimum atomic E-state index is -0.561. The minimum absolute atomic E-state index is 0.00869. The summed E-state index contributed by atoms with van der Waals surface area (Å²) in [4.78, 5) is 21.8. The van der Waals surface area contributed by atoms with Crippen LogP contribution in [0, 0.1) is 9.62 Å². The maximum atomic E-state index is 12.5. The van der Waals surface area contributed by atoms with Crippen LogP contribution in [0.5, 0.6) is 0 Å². The van der Waals surface area contributed by atoms with Gasteiger partial charge in [-0.1, -0.05) is 13.8 Å². The molecule has 1 aliphatic heterocycles. The molecule has 2 rings (SSSR count). The molecule has 0 aromatic carbocycles. The zero-order chi connectivity index (χ0) is 14.0. The van der Waals surface area contributed by atoms with Crippen LogP contribution in [0.15, 0.2) is 6.20 Å². The molecule has 3 N–H and O–H groups in total. The summed E-state index contributed by atoms with van der Waals surface area (Å²) in [5, 5.41) is 9.17. The van der Waals surface area contributed by atoms with E-state index in [1.54, 1.807) is 6.20 Å². The topological polar surface area (TPSA) is 81.2 Å². The summed E-state index contributed by atoms with van der Waals surface area (Å²) in [6, 6.07) is -0.569. The Kier molecular flexibility index (Phi) is 4.80. The average molecular weight is 378 g/mol. The summed E-state index contributed by atoms with van der Waals surface area (Å²) in [6.45, 7) is 4.53. The number of likely N-dealkylation sites (tertiary alicyclic amines) is 1. The third-order valence-corrected chi connectivity index (χ3v) is 4.04. The molecule has 0 saturated carbocycles. The highest BCUT2D eigenvalue weighted by Crippen LogP contribution is 2.31. The Labute approximate surface area is 126 Å². The Hall–Kier alpha value is -0.670. The van der Waals surface area contributed by atoms with E-state index in [-0.39, 0.29) is 17.9 Å². The van der Waals surface area contributed by atoms with Crippen LogP contribution in [0.3, 0.4) is 0 Å². The predicted molar refractivity (Wildman–Crippen MR) is 78.5 cm³/mol. The summed E-state index contributed by atoms with van der Waals surface area (Å²) < 4.78 is 0.965. The number of carbonyl (C=O) groups excluding carboxylic acids is 1. The van der Waals surface area contributed by atoms with E-state index in [1.165, 1.54) is 0 Å². The number of halogens is 1. The normalized spacial score (nSPS) is 21.1. The molecule has 7 heteroatoms. The Balaban J connectivity index is 2.16. The van der Waals surface area contributed by atoms with E-state index in [2.05, 4.69) is 38.0 Å². The standard InChI is InChI=1S/C12H19IN4O2/c1-7(2)10(16-19)12(18)17-5-3-4-8(17)11-14-6-9(13)15-11/h6-8,10,16,19H,3-5H2,1-2H3,(H,14,15)/t8-,10-/m0/s1. The van der Waals surface area contributed by atoms with Gasteiger partial charge in [0.2, 0.25) is 5.91 Å². The fraction of sp³-hybridized carbons (Fsp3) is 0.667. The largest absolute Gasteiger partial charge is 0.336 e. The molecule has 1 amide bonds. The summed E-state index contributed by atoms with van der Waals surface area (Å²) in [6.07, 6.45) is 3.64. The van der Waals surface area contributed by atoms with Gasteiger partial charge in [0, 0.05) is 6.54 Å². The van der Waals surface area contributed by atoms with Crippen molar-refractivity contribution in [3.63, 3.8) is 0 Å². The van der Waals surface area contributed by atoms with Crippen molar-refractivity contribution in [3.8, 4) is 0 Å². The van der Waals surface area contributed by atoms with E-state index in [0.717, 1.165) is 22.4 Å². The third-order valence-electron chi connectivity index (χ3n) is 3.49. The summed E-state index contributed by atoms with van der Waals surface area (Å²) in [5.74, 6) is 0.803. The number of amides is 1. The van der Waals surface area contributed by atoms with Crippen molar-refractivity contribution in [1.82, 2.24) is 20.3 Å². The number of aromatic amines is 1. The first-order valence-electron chi connectivity index (χ1n) is 6.45. The van der Waals surface area contributed by atoms with Gasteiger partial charge in [-0.15, -0.1) is 0 Å². The number of hydrogen-bond acceptors (Lipinski definition) is 4. The van der Waals surface area contributed by atoms with Crippen LogP contribution in [0.25, 0.3) is 0 Å². The number of hydrogen-bond donors (Lipinski definition) is 3. The monoisotopic (exact) mass is 378 g/mol. The molecule has 0 spiro atoms. The lowest BCUT2D eigenvalue weighted by atomic mass is 10.0. The fourth-order valence-corrected chi connectivity index (χ4v) is 2.88. The van der Waals surface area contributed by atoms with E-state index in [9.17, 15) is 4.79 Å². The second-order valence-electron chi connectivity index (χ2n) is 5.16. The van der Waals surface area contributed by atoms with Crippen molar-refractivity contribution >= 4 is 28.5 Å². The van der Waals surface area contributed by atoms with Crippen molar-refractivity contribution in [1.29, 1.82) is 0 Å². The molecule has 1 aliphatic rings. The van der Waals surface area contributed by atoms with Crippen molar-refractivity contribution < 1.29 is 10.0 Å². The molecule has 0 bridgehead atoms. The van der Waals surface area contributed by atoms with Crippen molar-refractivity contribution in [2.75, 3.05) is 6.54 Å². The molecule has 1 aromatic rings. The quantitative estimate of drug-likeness (QED) is 0.550. The molecular formula is C12H19IN4O2. The number of carbonyl (C=O) groups is 1. The number of hydroxylamine groups is 1. The molecule has 1 aromatic heterocycles. The molecule has 0 unspecified atom stereocenters. The molecule has 106 valence electrons. The molecule has 1 saturated heterocycles. The zero-order valence-electron chi connectivity index (χ0n) is 11.1. The Morgan fingerprint density at radius 2 is 2.42 bits per heavy atom. The maximum absolute atomic E-state index is 12.5. The van der Waals surface area contributed by atoms with Crippen LogP contribution in [0.1, 0.15) is 38.6 Å². The van der Waals surface area contributed by atoms with E-state index >= 15 is 0 Å². The van der Waals surface area contributed by atoms with Gasteiger partial charge in [0.05, 0.1) is 15.9 Å². The molecule has 19 heavy (non-hydrogen) atoms. The van der Waals surface area contributed by atoms with Gasteiger partial charge in [0.25, 0.3) is 0 Å². The zero-order valence-corrected chi connectivity index (χ0v) is 13.2. The van der Waals surface area contributed by atoms with Gasteiger partial charge in [-0.25, -0.2) is 4.98 Å². The second kappa shape index (κ2) is 6.19. The van der Waals surface area contributed by atoms with E-state index in [4.69, 9.17) is 5.21 Å². The van der Waals surface area contributed by atoms with E-state index < -0.39 is 6.04 Å². The molecule has 2 atom stereocenters. The second-order valence-corrected chi connectivity index (χ2v) is 6.32. The van der Waals surface area contributed by atoms with Crippen LogP contribution < -0.4 is 5.48 Å². The van der Waals surface area contributed by atoms with Gasteiger partial charge in [-0.05, 0) is 41.4 Å².